The molecule has 25 heavy (non-hydrogen) atoms. The predicted octanol–water partition coefficient (Wildman–Crippen LogP) is 0.483. The summed E-state index contributed by atoms with van der Waals surface area (Å²) in [5, 5.41) is 0. The lowest BCUT2D eigenvalue weighted by Gasteiger charge is -2.35. The highest BCUT2D eigenvalue weighted by atomic mass is 32.2. The molecule has 0 unspecified atom stereocenters. The van der Waals surface area contributed by atoms with Gasteiger partial charge < -0.3 is 14.5 Å². The third-order valence-corrected chi connectivity index (χ3v) is 6.62. The summed E-state index contributed by atoms with van der Waals surface area (Å²) in [5.74, 6) is 1.83. The van der Waals surface area contributed by atoms with Crippen molar-refractivity contribution >= 4 is 21.8 Å². The minimum absolute atomic E-state index is 0.217. The first-order chi connectivity index (χ1) is 12.0. The molecule has 9 heteroatoms. The van der Waals surface area contributed by atoms with E-state index in [1.54, 1.807) is 4.31 Å². The Balaban J connectivity index is 1.70. The Morgan fingerprint density at radius 2 is 1.72 bits per heavy atom. The van der Waals surface area contributed by atoms with Crippen molar-refractivity contribution in [3.05, 3.63) is 11.8 Å². The van der Waals surface area contributed by atoms with Crippen LogP contribution in [0.5, 0.6) is 0 Å². The van der Waals surface area contributed by atoms with Crippen LogP contribution in [0.25, 0.3) is 0 Å². The molecule has 0 aromatic carbocycles. The molecule has 3 rings (SSSR count). The van der Waals surface area contributed by atoms with Gasteiger partial charge in [-0.1, -0.05) is 6.92 Å². The zero-order valence-corrected chi connectivity index (χ0v) is 15.8. The highest BCUT2D eigenvalue weighted by Gasteiger charge is 2.27. The first-order valence-corrected chi connectivity index (χ1v) is 10.5. The Hall–Kier alpha value is -1.45. The number of morpholine rings is 1. The molecule has 0 spiro atoms. The summed E-state index contributed by atoms with van der Waals surface area (Å²) in [6.45, 7) is 9.18. The van der Waals surface area contributed by atoms with Crippen molar-refractivity contribution in [3.63, 3.8) is 0 Å². The van der Waals surface area contributed by atoms with Gasteiger partial charge in [-0.05, 0) is 13.3 Å². The molecule has 2 saturated heterocycles. The second-order valence-electron chi connectivity index (χ2n) is 6.47. The van der Waals surface area contributed by atoms with Crippen molar-refractivity contribution in [3.8, 4) is 0 Å². The number of nitrogens with zero attached hydrogens (tertiary/aromatic N) is 5. The van der Waals surface area contributed by atoms with Crippen LogP contribution in [0.4, 0.5) is 11.8 Å². The molecule has 0 bridgehead atoms. The predicted molar refractivity (Wildman–Crippen MR) is 97.7 cm³/mol. The second kappa shape index (κ2) is 7.84. The lowest BCUT2D eigenvalue weighted by atomic mass is 10.3. The molecule has 1 aromatic heterocycles. The van der Waals surface area contributed by atoms with Gasteiger partial charge in [-0.25, -0.2) is 13.4 Å². The first-order valence-electron chi connectivity index (χ1n) is 8.91. The van der Waals surface area contributed by atoms with Gasteiger partial charge in [0.15, 0.2) is 0 Å². The van der Waals surface area contributed by atoms with E-state index in [4.69, 9.17) is 9.72 Å². The topological polar surface area (TPSA) is 78.9 Å². The average Bonchev–Trinajstić information content (AvgIpc) is 2.62. The molecule has 2 aliphatic rings. The van der Waals surface area contributed by atoms with Crippen LogP contribution >= 0.6 is 0 Å². The molecule has 1 aromatic rings. The minimum atomic E-state index is -3.13. The molecule has 0 amide bonds. The highest BCUT2D eigenvalue weighted by Crippen LogP contribution is 2.20. The molecule has 140 valence electrons. The van der Waals surface area contributed by atoms with E-state index < -0.39 is 10.0 Å². The van der Waals surface area contributed by atoms with Crippen LogP contribution in [-0.2, 0) is 14.8 Å². The number of sulfonamides is 1. The Morgan fingerprint density at radius 1 is 1.04 bits per heavy atom. The van der Waals surface area contributed by atoms with E-state index in [-0.39, 0.29) is 5.75 Å². The molecular weight excluding hydrogens is 342 g/mol. The maximum atomic E-state index is 12.2. The van der Waals surface area contributed by atoms with Gasteiger partial charge in [0.05, 0.1) is 19.0 Å². The van der Waals surface area contributed by atoms with Crippen LogP contribution < -0.4 is 9.80 Å². The van der Waals surface area contributed by atoms with E-state index in [0.29, 0.717) is 51.8 Å². The maximum absolute atomic E-state index is 12.2. The number of rotatable bonds is 5. The quantitative estimate of drug-likeness (QED) is 0.747. The van der Waals surface area contributed by atoms with E-state index in [1.807, 2.05) is 19.9 Å². The van der Waals surface area contributed by atoms with Crippen LogP contribution in [0, 0.1) is 6.92 Å². The fourth-order valence-electron chi connectivity index (χ4n) is 3.19. The van der Waals surface area contributed by atoms with Crippen molar-refractivity contribution < 1.29 is 13.2 Å². The van der Waals surface area contributed by atoms with Crippen LogP contribution in [-0.4, -0.2) is 80.9 Å². The second-order valence-corrected chi connectivity index (χ2v) is 8.56. The molecule has 0 radical (unpaired) electrons. The van der Waals surface area contributed by atoms with Gasteiger partial charge in [0.2, 0.25) is 16.0 Å². The third kappa shape index (κ3) is 4.39. The van der Waals surface area contributed by atoms with Crippen molar-refractivity contribution in [2.75, 3.05) is 68.0 Å². The Labute approximate surface area is 149 Å². The molecule has 0 saturated carbocycles. The van der Waals surface area contributed by atoms with E-state index in [9.17, 15) is 8.42 Å². The first kappa shape index (κ1) is 18.3. The van der Waals surface area contributed by atoms with Crippen LogP contribution in [0.2, 0.25) is 0 Å². The van der Waals surface area contributed by atoms with Crippen LogP contribution in [0.3, 0.4) is 0 Å². The molecule has 3 heterocycles. The maximum Gasteiger partial charge on any atom is 0.227 e. The van der Waals surface area contributed by atoms with Crippen LogP contribution in [0.15, 0.2) is 6.07 Å². The zero-order chi connectivity index (χ0) is 17.9. The van der Waals surface area contributed by atoms with Gasteiger partial charge in [0.25, 0.3) is 0 Å². The monoisotopic (exact) mass is 369 g/mol. The SMILES string of the molecule is CCCS(=O)(=O)N1CCN(c2nc(C)cc(N3CCOCC3)n2)CC1. The lowest BCUT2D eigenvalue weighted by Crippen LogP contribution is -2.49. The molecule has 0 N–H and O–H groups in total. The van der Waals surface area contributed by atoms with E-state index in [2.05, 4.69) is 14.8 Å². The van der Waals surface area contributed by atoms with Crippen molar-refractivity contribution in [1.82, 2.24) is 14.3 Å². The Kier molecular flexibility index (Phi) is 5.75. The molecule has 2 aliphatic heterocycles. The van der Waals surface area contributed by atoms with Gasteiger partial charge >= 0.3 is 0 Å². The lowest BCUT2D eigenvalue weighted by molar-refractivity contribution is 0.122. The van der Waals surface area contributed by atoms with E-state index >= 15 is 0 Å². The van der Waals surface area contributed by atoms with Crippen molar-refractivity contribution in [2.45, 2.75) is 20.3 Å². The smallest absolute Gasteiger partial charge is 0.227 e. The zero-order valence-electron chi connectivity index (χ0n) is 15.0. The number of piperazine rings is 1. The number of hydrogen-bond donors (Lipinski definition) is 0. The molecule has 8 nitrogen and oxygen atoms in total. The Bertz CT molecular complexity index is 683. The number of aromatic nitrogens is 2. The van der Waals surface area contributed by atoms with Crippen LogP contribution in [0.1, 0.15) is 19.0 Å². The normalized spacial score (nSPS) is 20.1. The van der Waals surface area contributed by atoms with E-state index in [1.165, 1.54) is 0 Å². The standard InChI is InChI=1S/C16H27N5O3S/c1-3-12-25(22,23)21-6-4-20(5-7-21)16-17-14(2)13-15(18-16)19-8-10-24-11-9-19/h13H,3-12H2,1-2H3. The summed E-state index contributed by atoms with van der Waals surface area (Å²) < 4.78 is 31.4. The largest absolute Gasteiger partial charge is 0.378 e. The highest BCUT2D eigenvalue weighted by molar-refractivity contribution is 7.89. The summed E-state index contributed by atoms with van der Waals surface area (Å²) in [5.41, 5.74) is 0.924. The van der Waals surface area contributed by atoms with Crippen molar-refractivity contribution in [2.24, 2.45) is 0 Å². The van der Waals surface area contributed by atoms with Gasteiger partial charge in [-0.3, -0.25) is 0 Å². The number of hydrogen-bond acceptors (Lipinski definition) is 7. The number of aryl methyl sites for hydroxylation is 1. The fourth-order valence-corrected chi connectivity index (χ4v) is 4.68. The molecule has 0 aliphatic carbocycles. The number of ether oxygens (including phenoxy) is 1. The summed E-state index contributed by atoms with van der Waals surface area (Å²) in [7, 11) is -3.13. The van der Waals surface area contributed by atoms with Gasteiger partial charge in [0.1, 0.15) is 5.82 Å². The minimum Gasteiger partial charge on any atom is -0.378 e. The van der Waals surface area contributed by atoms with Gasteiger partial charge in [-0.15, -0.1) is 0 Å². The summed E-state index contributed by atoms with van der Waals surface area (Å²) in [6.07, 6.45) is 0.645. The number of anilines is 2. The summed E-state index contributed by atoms with van der Waals surface area (Å²) >= 11 is 0. The fraction of sp³-hybridized carbons (Fsp3) is 0.750. The van der Waals surface area contributed by atoms with Gasteiger partial charge in [0, 0.05) is 51.0 Å². The van der Waals surface area contributed by atoms with E-state index in [0.717, 1.165) is 24.6 Å². The molecule has 0 atom stereocenters. The summed E-state index contributed by atoms with van der Waals surface area (Å²) in [4.78, 5) is 13.6. The molecule has 2 fully saturated rings. The molecular formula is C16H27N5O3S. The van der Waals surface area contributed by atoms with Crippen molar-refractivity contribution in [1.29, 1.82) is 0 Å². The third-order valence-electron chi connectivity index (χ3n) is 4.54. The summed E-state index contributed by atoms with van der Waals surface area (Å²) in [6, 6.07) is 2.00. The van der Waals surface area contributed by atoms with Gasteiger partial charge in [-0.2, -0.15) is 9.29 Å². The average molecular weight is 369 g/mol. The Morgan fingerprint density at radius 3 is 2.36 bits per heavy atom.